The number of alkyl halides is 1. The molecule has 1 aliphatic carbocycles. The molecule has 5 nitrogen and oxygen atoms in total. The number of para-hydroxylation sites is 1. The number of methoxy groups -OCH3 is 1. The van der Waals surface area contributed by atoms with Crippen molar-refractivity contribution in [1.82, 2.24) is 0 Å². The Balaban J connectivity index is 2.01. The van der Waals surface area contributed by atoms with Gasteiger partial charge in [-0.2, -0.15) is 0 Å². The Morgan fingerprint density at radius 3 is 2.53 bits per heavy atom. The van der Waals surface area contributed by atoms with E-state index in [9.17, 15) is 14.3 Å². The molecule has 1 aliphatic rings. The summed E-state index contributed by atoms with van der Waals surface area (Å²) >= 11 is 0. The normalized spacial score (nSPS) is 20.1. The van der Waals surface area contributed by atoms with Gasteiger partial charge in [0.25, 0.3) is 0 Å². The summed E-state index contributed by atoms with van der Waals surface area (Å²) in [6.45, 7) is 1.35. The van der Waals surface area contributed by atoms with Crippen LogP contribution in [0.1, 0.15) is 24.5 Å². The van der Waals surface area contributed by atoms with Crippen LogP contribution < -0.4 is 10.5 Å². The third kappa shape index (κ3) is 5.44. The number of carboxylic acid groups (broad SMARTS) is 1. The van der Waals surface area contributed by atoms with E-state index in [4.69, 9.17) is 15.2 Å². The van der Waals surface area contributed by atoms with Crippen molar-refractivity contribution in [2.45, 2.75) is 31.9 Å². The summed E-state index contributed by atoms with van der Waals surface area (Å²) in [5.41, 5.74) is 9.01. The van der Waals surface area contributed by atoms with E-state index < -0.39 is 24.1 Å². The van der Waals surface area contributed by atoms with Crippen LogP contribution in [0.4, 0.5) is 4.39 Å². The van der Waals surface area contributed by atoms with Crippen LogP contribution in [0, 0.1) is 5.41 Å². The molecule has 3 N–H and O–H groups in total. The standard InChI is InChI=1S/C26H30FNO4/c1-18(31-2)21-12-22(19-8-4-3-5-9-19)15-26(14-21,24(28)16-27)17-32-23-11-7-6-10-20(23)13-25(29)30/h3-12,15,18,24H,13-14,16-17,28H2,1-2H3,(H,29,30)/t18-,24?,26?/m1/s1. The van der Waals surface area contributed by atoms with E-state index in [1.54, 1.807) is 31.4 Å². The third-order valence-electron chi connectivity index (χ3n) is 6.02. The summed E-state index contributed by atoms with van der Waals surface area (Å²) in [5, 5.41) is 9.21. The number of ether oxygens (including phenoxy) is 2. The number of carbonyl (C=O) groups is 1. The van der Waals surface area contributed by atoms with Gasteiger partial charge in [-0.3, -0.25) is 4.79 Å². The number of benzene rings is 2. The molecule has 2 aromatic carbocycles. The summed E-state index contributed by atoms with van der Waals surface area (Å²) < 4.78 is 25.7. The molecule has 2 unspecified atom stereocenters. The maximum Gasteiger partial charge on any atom is 0.307 e. The first-order valence-electron chi connectivity index (χ1n) is 10.6. The summed E-state index contributed by atoms with van der Waals surface area (Å²) in [6.07, 6.45) is 4.22. The maximum atomic E-state index is 14.0. The van der Waals surface area contributed by atoms with E-state index in [1.165, 1.54) is 0 Å². The van der Waals surface area contributed by atoms with Crippen molar-refractivity contribution in [3.8, 4) is 5.75 Å². The Morgan fingerprint density at radius 1 is 1.19 bits per heavy atom. The van der Waals surface area contributed by atoms with Gasteiger partial charge in [0.2, 0.25) is 0 Å². The van der Waals surface area contributed by atoms with Crippen molar-refractivity contribution in [2.24, 2.45) is 11.1 Å². The van der Waals surface area contributed by atoms with E-state index >= 15 is 0 Å². The smallest absolute Gasteiger partial charge is 0.307 e. The fourth-order valence-corrected chi connectivity index (χ4v) is 4.00. The molecular formula is C26H30FNO4. The lowest BCUT2D eigenvalue weighted by atomic mass is 9.70. The highest BCUT2D eigenvalue weighted by molar-refractivity contribution is 5.77. The second-order valence-corrected chi connectivity index (χ2v) is 8.20. The van der Waals surface area contributed by atoms with Crippen LogP contribution in [-0.4, -0.2) is 43.6 Å². The number of nitrogens with two attached hydrogens (primary N) is 1. The largest absolute Gasteiger partial charge is 0.492 e. The molecule has 0 amide bonds. The van der Waals surface area contributed by atoms with E-state index in [2.05, 4.69) is 6.08 Å². The molecule has 0 aromatic heterocycles. The minimum absolute atomic E-state index is 0.110. The van der Waals surface area contributed by atoms with Gasteiger partial charge in [-0.15, -0.1) is 0 Å². The Morgan fingerprint density at radius 2 is 1.88 bits per heavy atom. The lowest BCUT2D eigenvalue weighted by Crippen LogP contribution is -2.48. The average Bonchev–Trinajstić information content (AvgIpc) is 2.82. The molecule has 2 aromatic rings. The molecule has 0 saturated heterocycles. The van der Waals surface area contributed by atoms with Gasteiger partial charge in [-0.1, -0.05) is 60.7 Å². The lowest BCUT2D eigenvalue weighted by molar-refractivity contribution is -0.136. The fourth-order valence-electron chi connectivity index (χ4n) is 4.00. The fraction of sp³-hybridized carbons (Fsp3) is 0.346. The Hall–Kier alpha value is -2.96. The van der Waals surface area contributed by atoms with Crippen molar-refractivity contribution in [1.29, 1.82) is 0 Å². The summed E-state index contributed by atoms with van der Waals surface area (Å²) in [4.78, 5) is 11.2. The SMILES string of the molecule is CO[C@H](C)C1=CC(c2ccccc2)=CC(COc2ccccc2CC(=O)O)(C(N)CF)C1. The minimum atomic E-state index is -0.945. The summed E-state index contributed by atoms with van der Waals surface area (Å²) in [7, 11) is 1.64. The van der Waals surface area contributed by atoms with Gasteiger partial charge in [0, 0.05) is 24.1 Å². The van der Waals surface area contributed by atoms with Gasteiger partial charge < -0.3 is 20.3 Å². The molecule has 0 radical (unpaired) electrons. The Bertz CT molecular complexity index is 988. The number of rotatable bonds is 10. The second-order valence-electron chi connectivity index (χ2n) is 8.20. The van der Waals surface area contributed by atoms with Crippen LogP contribution in [0.15, 0.2) is 72.3 Å². The highest BCUT2D eigenvalue weighted by Crippen LogP contribution is 2.42. The van der Waals surface area contributed by atoms with E-state index in [-0.39, 0.29) is 19.1 Å². The lowest BCUT2D eigenvalue weighted by Gasteiger charge is -2.40. The van der Waals surface area contributed by atoms with Crippen molar-refractivity contribution in [2.75, 3.05) is 20.4 Å². The van der Waals surface area contributed by atoms with Crippen LogP contribution in [0.25, 0.3) is 5.57 Å². The average molecular weight is 440 g/mol. The Labute approximate surface area is 188 Å². The van der Waals surface area contributed by atoms with Crippen LogP contribution in [0.5, 0.6) is 5.75 Å². The van der Waals surface area contributed by atoms with E-state index in [0.29, 0.717) is 17.7 Å². The van der Waals surface area contributed by atoms with Gasteiger partial charge >= 0.3 is 5.97 Å². The van der Waals surface area contributed by atoms with Crippen molar-refractivity contribution >= 4 is 11.5 Å². The third-order valence-corrected chi connectivity index (χ3v) is 6.02. The molecule has 3 rings (SSSR count). The number of carboxylic acids is 1. The molecular weight excluding hydrogens is 409 g/mol. The molecule has 0 aliphatic heterocycles. The van der Waals surface area contributed by atoms with Gasteiger partial charge in [-0.05, 0) is 36.1 Å². The first kappa shape index (κ1) is 23.7. The van der Waals surface area contributed by atoms with E-state index in [0.717, 1.165) is 16.7 Å². The predicted octanol–water partition coefficient (Wildman–Crippen LogP) is 4.42. The molecule has 32 heavy (non-hydrogen) atoms. The monoisotopic (exact) mass is 439 g/mol. The molecule has 0 saturated carbocycles. The van der Waals surface area contributed by atoms with Crippen molar-refractivity contribution in [3.05, 3.63) is 83.4 Å². The van der Waals surface area contributed by atoms with Crippen LogP contribution >= 0.6 is 0 Å². The van der Waals surface area contributed by atoms with Gasteiger partial charge in [0.1, 0.15) is 12.4 Å². The summed E-state index contributed by atoms with van der Waals surface area (Å²) in [6, 6.07) is 16.0. The van der Waals surface area contributed by atoms with Crippen LogP contribution in [0.3, 0.4) is 0 Å². The van der Waals surface area contributed by atoms with E-state index in [1.807, 2.05) is 43.3 Å². The molecule has 6 heteroatoms. The first-order chi connectivity index (χ1) is 15.4. The summed E-state index contributed by atoms with van der Waals surface area (Å²) in [5.74, 6) is -0.481. The zero-order valence-electron chi connectivity index (χ0n) is 18.5. The topological polar surface area (TPSA) is 81.8 Å². The zero-order valence-corrected chi connectivity index (χ0v) is 18.5. The van der Waals surface area contributed by atoms with Gasteiger partial charge in [-0.25, -0.2) is 4.39 Å². The molecule has 0 heterocycles. The van der Waals surface area contributed by atoms with Crippen LogP contribution in [0.2, 0.25) is 0 Å². The molecule has 0 spiro atoms. The second kappa shape index (κ2) is 10.6. The Kier molecular flexibility index (Phi) is 7.83. The van der Waals surface area contributed by atoms with Crippen LogP contribution in [-0.2, 0) is 16.0 Å². The molecule has 170 valence electrons. The zero-order chi connectivity index (χ0) is 23.1. The predicted molar refractivity (Wildman–Crippen MR) is 123 cm³/mol. The number of halogens is 1. The highest BCUT2D eigenvalue weighted by Gasteiger charge is 2.40. The maximum absolute atomic E-state index is 14.0. The van der Waals surface area contributed by atoms with Gasteiger partial charge in [0.05, 0.1) is 19.1 Å². The number of hydrogen-bond acceptors (Lipinski definition) is 4. The molecule has 0 bridgehead atoms. The number of hydrogen-bond donors (Lipinski definition) is 2. The van der Waals surface area contributed by atoms with Crippen molar-refractivity contribution < 1.29 is 23.8 Å². The number of aliphatic carboxylic acids is 1. The molecule has 0 fully saturated rings. The quantitative estimate of drug-likeness (QED) is 0.573. The highest BCUT2D eigenvalue weighted by atomic mass is 19.1. The molecule has 3 atom stereocenters. The minimum Gasteiger partial charge on any atom is -0.492 e. The number of allylic oxidation sites excluding steroid dienone is 2. The first-order valence-corrected chi connectivity index (χ1v) is 10.6. The van der Waals surface area contributed by atoms with Gasteiger partial charge in [0.15, 0.2) is 0 Å². The van der Waals surface area contributed by atoms with Crippen molar-refractivity contribution in [3.63, 3.8) is 0 Å².